The number of fused-ring (bicyclic) bond motifs is 1. The van der Waals surface area contributed by atoms with Gasteiger partial charge in [-0.25, -0.2) is 0 Å². The van der Waals surface area contributed by atoms with Crippen molar-refractivity contribution < 1.29 is 13.9 Å². The third-order valence-corrected chi connectivity index (χ3v) is 4.87. The predicted octanol–water partition coefficient (Wildman–Crippen LogP) is 2.57. The fourth-order valence-corrected chi connectivity index (χ4v) is 3.19. The number of hydrogen-bond donors (Lipinski definition) is 1. The maximum atomic E-state index is 12.6. The number of amides is 1. The Morgan fingerprint density at radius 2 is 2.26 bits per heavy atom. The van der Waals surface area contributed by atoms with E-state index in [1.165, 1.54) is 0 Å². The van der Waals surface area contributed by atoms with E-state index in [4.69, 9.17) is 14.9 Å². The molecule has 1 aromatic heterocycles. The van der Waals surface area contributed by atoms with Gasteiger partial charge in [-0.1, -0.05) is 13.8 Å². The van der Waals surface area contributed by atoms with E-state index in [2.05, 4.69) is 13.8 Å². The number of carbonyl (C=O) groups is 1. The molecule has 1 saturated heterocycles. The summed E-state index contributed by atoms with van der Waals surface area (Å²) in [6.07, 6.45) is 2.87. The first-order chi connectivity index (χ1) is 10.9. The molecule has 2 N–H and O–H groups in total. The van der Waals surface area contributed by atoms with E-state index in [9.17, 15) is 4.79 Å². The molecule has 5 heteroatoms. The smallest absolute Gasteiger partial charge is 0.227 e. The summed E-state index contributed by atoms with van der Waals surface area (Å²) in [5.74, 6) is 0.875. The minimum Gasteiger partial charge on any atom is -0.497 e. The van der Waals surface area contributed by atoms with Crippen LogP contribution >= 0.6 is 0 Å². The second kappa shape index (κ2) is 5.89. The third kappa shape index (κ3) is 3.06. The van der Waals surface area contributed by atoms with E-state index >= 15 is 0 Å². The molecule has 0 radical (unpaired) electrons. The highest BCUT2D eigenvalue weighted by atomic mass is 16.5. The highest BCUT2D eigenvalue weighted by Gasteiger charge is 2.35. The van der Waals surface area contributed by atoms with Crippen LogP contribution in [0.15, 0.2) is 28.9 Å². The maximum Gasteiger partial charge on any atom is 0.227 e. The average Bonchev–Trinajstić information content (AvgIpc) is 2.92. The summed E-state index contributed by atoms with van der Waals surface area (Å²) < 4.78 is 10.8. The summed E-state index contributed by atoms with van der Waals surface area (Å²) in [7, 11) is 1.62. The standard InChI is InChI=1S/C18H24N2O3/c1-18(2)11-20(7-6-16(18)19)17(21)8-12-10-23-15-9-13(22-3)4-5-14(12)15/h4-5,9-10,16H,6-8,11,19H2,1-3H3. The molecule has 3 rings (SSSR count). The summed E-state index contributed by atoms with van der Waals surface area (Å²) in [6.45, 7) is 5.68. The van der Waals surface area contributed by atoms with Crippen LogP contribution in [-0.4, -0.2) is 37.0 Å². The molecule has 0 bridgehead atoms. The monoisotopic (exact) mass is 316 g/mol. The number of furan rings is 1. The molecular weight excluding hydrogens is 292 g/mol. The van der Waals surface area contributed by atoms with Gasteiger partial charge in [0.15, 0.2) is 0 Å². The minimum absolute atomic E-state index is 0.0419. The molecule has 124 valence electrons. The quantitative estimate of drug-likeness (QED) is 0.945. The van der Waals surface area contributed by atoms with Crippen LogP contribution in [-0.2, 0) is 11.2 Å². The van der Waals surface area contributed by atoms with Gasteiger partial charge < -0.3 is 19.8 Å². The number of methoxy groups -OCH3 is 1. The number of piperidine rings is 1. The van der Waals surface area contributed by atoms with E-state index in [1.807, 2.05) is 23.1 Å². The van der Waals surface area contributed by atoms with Crippen LogP contribution in [0.3, 0.4) is 0 Å². The zero-order valence-electron chi connectivity index (χ0n) is 14.0. The summed E-state index contributed by atoms with van der Waals surface area (Å²) in [4.78, 5) is 14.6. The average molecular weight is 316 g/mol. The molecule has 5 nitrogen and oxygen atoms in total. The van der Waals surface area contributed by atoms with Crippen LogP contribution in [0.4, 0.5) is 0 Å². The highest BCUT2D eigenvalue weighted by Crippen LogP contribution is 2.29. The molecule has 1 unspecified atom stereocenters. The van der Waals surface area contributed by atoms with E-state index in [1.54, 1.807) is 13.4 Å². The Morgan fingerprint density at radius 3 is 2.96 bits per heavy atom. The number of carbonyl (C=O) groups excluding carboxylic acids is 1. The van der Waals surface area contributed by atoms with E-state index in [0.29, 0.717) is 13.0 Å². The van der Waals surface area contributed by atoms with Gasteiger partial charge in [0.25, 0.3) is 0 Å². The molecule has 1 fully saturated rings. The van der Waals surface area contributed by atoms with Gasteiger partial charge >= 0.3 is 0 Å². The molecule has 0 spiro atoms. The SMILES string of the molecule is COc1ccc2c(CC(=O)N3CCC(N)C(C)(C)C3)coc2c1. The Hall–Kier alpha value is -2.01. The van der Waals surface area contributed by atoms with Crippen molar-refractivity contribution >= 4 is 16.9 Å². The Balaban J connectivity index is 1.76. The lowest BCUT2D eigenvalue weighted by molar-refractivity contribution is -0.133. The summed E-state index contributed by atoms with van der Waals surface area (Å²) in [5, 5.41) is 0.965. The molecule has 2 aromatic rings. The van der Waals surface area contributed by atoms with Crippen LogP contribution in [0.5, 0.6) is 5.75 Å². The molecule has 1 aliphatic rings. The zero-order chi connectivity index (χ0) is 16.6. The maximum absolute atomic E-state index is 12.6. The van der Waals surface area contributed by atoms with Gasteiger partial charge in [0.2, 0.25) is 5.91 Å². The second-order valence-electron chi connectivity index (χ2n) is 7.00. The third-order valence-electron chi connectivity index (χ3n) is 4.87. The van der Waals surface area contributed by atoms with Crippen molar-refractivity contribution in [3.05, 3.63) is 30.0 Å². The number of hydrogen-bond acceptors (Lipinski definition) is 4. The van der Waals surface area contributed by atoms with E-state index in [-0.39, 0.29) is 17.4 Å². The van der Waals surface area contributed by atoms with Gasteiger partial charge in [-0.15, -0.1) is 0 Å². The Morgan fingerprint density at radius 1 is 1.48 bits per heavy atom. The fourth-order valence-electron chi connectivity index (χ4n) is 3.19. The van der Waals surface area contributed by atoms with Crippen molar-refractivity contribution in [2.75, 3.05) is 20.2 Å². The summed E-state index contributed by atoms with van der Waals surface area (Å²) in [6, 6.07) is 5.81. The van der Waals surface area contributed by atoms with Gasteiger partial charge in [0, 0.05) is 36.1 Å². The molecule has 2 heterocycles. The van der Waals surface area contributed by atoms with Crippen LogP contribution in [0, 0.1) is 5.41 Å². The number of nitrogens with two attached hydrogens (primary N) is 1. The number of ether oxygens (including phenoxy) is 1. The Kier molecular flexibility index (Phi) is 4.06. The normalized spacial score (nSPS) is 20.7. The Labute approximate surface area is 136 Å². The van der Waals surface area contributed by atoms with Crippen LogP contribution in [0.25, 0.3) is 11.0 Å². The van der Waals surface area contributed by atoms with Crippen molar-refractivity contribution in [3.63, 3.8) is 0 Å². The second-order valence-corrected chi connectivity index (χ2v) is 7.00. The summed E-state index contributed by atoms with van der Waals surface area (Å²) in [5.41, 5.74) is 7.77. The summed E-state index contributed by atoms with van der Waals surface area (Å²) >= 11 is 0. The minimum atomic E-state index is -0.0419. The van der Waals surface area contributed by atoms with Crippen molar-refractivity contribution in [3.8, 4) is 5.75 Å². The van der Waals surface area contributed by atoms with Crippen molar-refractivity contribution in [1.29, 1.82) is 0 Å². The van der Waals surface area contributed by atoms with Crippen molar-refractivity contribution in [2.45, 2.75) is 32.7 Å². The lowest BCUT2D eigenvalue weighted by atomic mass is 9.79. The van der Waals surface area contributed by atoms with Crippen LogP contribution < -0.4 is 10.5 Å². The number of benzene rings is 1. The Bertz CT molecular complexity index is 720. The molecule has 1 amide bonds. The molecular formula is C18H24N2O3. The topological polar surface area (TPSA) is 68.7 Å². The lowest BCUT2D eigenvalue weighted by Crippen LogP contribution is -2.54. The molecule has 0 aliphatic carbocycles. The van der Waals surface area contributed by atoms with E-state index < -0.39 is 0 Å². The predicted molar refractivity (Wildman–Crippen MR) is 89.4 cm³/mol. The van der Waals surface area contributed by atoms with Crippen LogP contribution in [0.1, 0.15) is 25.8 Å². The lowest BCUT2D eigenvalue weighted by Gasteiger charge is -2.42. The number of rotatable bonds is 3. The number of nitrogens with zero attached hydrogens (tertiary/aromatic N) is 1. The van der Waals surface area contributed by atoms with Crippen LogP contribution in [0.2, 0.25) is 0 Å². The van der Waals surface area contributed by atoms with Gasteiger partial charge in [-0.3, -0.25) is 4.79 Å². The van der Waals surface area contributed by atoms with E-state index in [0.717, 1.165) is 35.2 Å². The fraction of sp³-hybridized carbons (Fsp3) is 0.500. The van der Waals surface area contributed by atoms with Gasteiger partial charge in [-0.2, -0.15) is 0 Å². The van der Waals surface area contributed by atoms with Gasteiger partial charge in [0.1, 0.15) is 11.3 Å². The largest absolute Gasteiger partial charge is 0.497 e. The highest BCUT2D eigenvalue weighted by molar-refractivity contribution is 5.88. The zero-order valence-corrected chi connectivity index (χ0v) is 14.0. The van der Waals surface area contributed by atoms with Gasteiger partial charge in [-0.05, 0) is 24.0 Å². The first kappa shape index (κ1) is 15.9. The van der Waals surface area contributed by atoms with Crippen molar-refractivity contribution in [1.82, 2.24) is 4.90 Å². The molecule has 1 aromatic carbocycles. The molecule has 1 aliphatic heterocycles. The molecule has 1 atom stereocenters. The first-order valence-corrected chi connectivity index (χ1v) is 7.98. The number of likely N-dealkylation sites (tertiary alicyclic amines) is 1. The molecule has 0 saturated carbocycles. The van der Waals surface area contributed by atoms with Crippen molar-refractivity contribution in [2.24, 2.45) is 11.1 Å². The van der Waals surface area contributed by atoms with Gasteiger partial charge in [0.05, 0.1) is 19.8 Å². The first-order valence-electron chi connectivity index (χ1n) is 7.98. The molecule has 23 heavy (non-hydrogen) atoms.